The van der Waals surface area contributed by atoms with Crippen LogP contribution in [0.4, 0.5) is 0 Å². The van der Waals surface area contributed by atoms with Crippen molar-refractivity contribution < 1.29 is 23.9 Å². The molecule has 0 N–H and O–H groups in total. The maximum Gasteiger partial charge on any atom is 0.347 e. The van der Waals surface area contributed by atoms with Crippen molar-refractivity contribution in [1.29, 1.82) is 0 Å². The predicted molar refractivity (Wildman–Crippen MR) is 78.4 cm³/mol. The molecule has 0 aromatic carbocycles. The van der Waals surface area contributed by atoms with Crippen molar-refractivity contribution in [2.75, 3.05) is 13.2 Å². The van der Waals surface area contributed by atoms with E-state index >= 15 is 0 Å². The lowest BCUT2D eigenvalue weighted by Gasteiger charge is -2.39. The third-order valence-corrected chi connectivity index (χ3v) is 3.98. The molecule has 7 nitrogen and oxygen atoms in total. The first-order chi connectivity index (χ1) is 10.5. The van der Waals surface area contributed by atoms with Gasteiger partial charge >= 0.3 is 11.9 Å². The fraction of sp³-hybridized carbons (Fsp3) is 0.733. The highest BCUT2D eigenvalue weighted by atomic mass is 16.6. The average Bonchev–Trinajstić information content (AvgIpc) is 2.50. The summed E-state index contributed by atoms with van der Waals surface area (Å²) in [5.74, 6) is -1.46. The van der Waals surface area contributed by atoms with Crippen molar-refractivity contribution >= 4 is 24.1 Å². The molecule has 2 aliphatic rings. The second kappa shape index (κ2) is 7.38. The second-order valence-corrected chi connectivity index (χ2v) is 5.55. The highest BCUT2D eigenvalue weighted by Gasteiger charge is 2.36. The summed E-state index contributed by atoms with van der Waals surface area (Å²) >= 11 is 0. The number of fused-ring (bicyclic) bond motifs is 1. The number of esters is 2. The second-order valence-electron chi connectivity index (χ2n) is 5.55. The minimum atomic E-state index is -0.969. The first kappa shape index (κ1) is 16.5. The number of hydrogen-bond acceptors (Lipinski definition) is 6. The lowest BCUT2D eigenvalue weighted by atomic mass is 9.88. The third-order valence-electron chi connectivity index (χ3n) is 3.98. The molecule has 0 radical (unpaired) electrons. The summed E-state index contributed by atoms with van der Waals surface area (Å²) in [7, 11) is 0. The summed E-state index contributed by atoms with van der Waals surface area (Å²) in [5, 5.41) is 0. The Kier molecular flexibility index (Phi) is 5.51. The van der Waals surface area contributed by atoms with E-state index in [4.69, 9.17) is 9.47 Å². The number of aliphatic imine (C=N–C) groups is 1. The maximum atomic E-state index is 12.0. The van der Waals surface area contributed by atoms with Crippen LogP contribution in [0.5, 0.6) is 0 Å². The summed E-state index contributed by atoms with van der Waals surface area (Å²) < 4.78 is 9.83. The highest BCUT2D eigenvalue weighted by molar-refractivity contribution is 6.27. The minimum absolute atomic E-state index is 0.0447. The smallest absolute Gasteiger partial charge is 0.347 e. The Labute approximate surface area is 129 Å². The van der Waals surface area contributed by atoms with Gasteiger partial charge in [-0.3, -0.25) is 14.6 Å². The Hall–Kier alpha value is -1.92. The first-order valence-electron chi connectivity index (χ1n) is 7.72. The Morgan fingerprint density at radius 1 is 1.41 bits per heavy atom. The zero-order valence-electron chi connectivity index (χ0n) is 13.0. The van der Waals surface area contributed by atoms with Crippen molar-refractivity contribution in [3.8, 4) is 0 Å². The molecule has 3 atom stereocenters. The van der Waals surface area contributed by atoms with Crippen LogP contribution in [0, 0.1) is 0 Å². The summed E-state index contributed by atoms with van der Waals surface area (Å²) in [6.07, 6.45) is 4.20. The molecule has 2 unspecified atom stereocenters. The van der Waals surface area contributed by atoms with Crippen LogP contribution in [-0.2, 0) is 23.9 Å². The van der Waals surface area contributed by atoms with Crippen LogP contribution in [0.25, 0.3) is 0 Å². The number of carbonyl (C=O) groups is 3. The number of nitrogens with zero attached hydrogens (tertiary/aromatic N) is 2. The lowest BCUT2D eigenvalue weighted by Crippen LogP contribution is -2.53. The van der Waals surface area contributed by atoms with Gasteiger partial charge in [-0.1, -0.05) is 12.8 Å². The Balaban J connectivity index is 1.93. The van der Waals surface area contributed by atoms with Gasteiger partial charge in [-0.05, 0) is 26.7 Å². The average molecular weight is 310 g/mol. The first-order valence-corrected chi connectivity index (χ1v) is 7.72. The summed E-state index contributed by atoms with van der Waals surface area (Å²) in [6.45, 7) is 3.21. The van der Waals surface area contributed by atoms with E-state index in [1.54, 1.807) is 6.92 Å². The molecule has 1 heterocycles. The molecule has 0 bridgehead atoms. The van der Waals surface area contributed by atoms with E-state index in [1.807, 2.05) is 0 Å². The van der Waals surface area contributed by atoms with Gasteiger partial charge in [0.2, 0.25) is 0 Å². The summed E-state index contributed by atoms with van der Waals surface area (Å²) in [4.78, 5) is 41.2. The molecule has 1 aliphatic heterocycles. The predicted octanol–water partition coefficient (Wildman–Crippen LogP) is 0.705. The van der Waals surface area contributed by atoms with Gasteiger partial charge in [0.05, 0.1) is 24.9 Å². The molecule has 7 heteroatoms. The molecule has 1 aliphatic carbocycles. The van der Waals surface area contributed by atoms with E-state index in [0.717, 1.165) is 25.7 Å². The van der Waals surface area contributed by atoms with E-state index in [0.29, 0.717) is 0 Å². The van der Waals surface area contributed by atoms with Gasteiger partial charge in [0.15, 0.2) is 6.10 Å². The highest BCUT2D eigenvalue weighted by Crippen LogP contribution is 2.27. The lowest BCUT2D eigenvalue weighted by molar-refractivity contribution is -0.167. The van der Waals surface area contributed by atoms with E-state index in [-0.39, 0.29) is 31.1 Å². The SMILES string of the molecule is CCOC(=O)[C@H](C)OC(=O)CN1C(=O)C=NC2CCCCC21. The molecule has 0 spiro atoms. The van der Waals surface area contributed by atoms with Gasteiger partial charge in [0.1, 0.15) is 6.54 Å². The van der Waals surface area contributed by atoms with Gasteiger partial charge in [0, 0.05) is 0 Å². The number of ether oxygens (including phenoxy) is 2. The maximum absolute atomic E-state index is 12.0. The summed E-state index contributed by atoms with van der Waals surface area (Å²) in [6, 6.07) is 0.0263. The van der Waals surface area contributed by atoms with Crippen LogP contribution in [-0.4, -0.2) is 60.3 Å². The Bertz CT molecular complexity index is 477. The van der Waals surface area contributed by atoms with Crippen LogP contribution in [0.3, 0.4) is 0 Å². The summed E-state index contributed by atoms with van der Waals surface area (Å²) in [5.41, 5.74) is 0. The number of amides is 1. The molecule has 0 saturated heterocycles. The van der Waals surface area contributed by atoms with Gasteiger partial charge in [-0.15, -0.1) is 0 Å². The number of rotatable bonds is 5. The molecule has 1 fully saturated rings. The molecular formula is C15H22N2O5. The fourth-order valence-corrected chi connectivity index (χ4v) is 2.90. The zero-order valence-corrected chi connectivity index (χ0v) is 13.0. The van der Waals surface area contributed by atoms with Gasteiger partial charge in [0.25, 0.3) is 5.91 Å². The molecule has 0 aromatic rings. The minimum Gasteiger partial charge on any atom is -0.463 e. The zero-order chi connectivity index (χ0) is 16.1. The van der Waals surface area contributed by atoms with E-state index in [1.165, 1.54) is 18.0 Å². The van der Waals surface area contributed by atoms with E-state index < -0.39 is 18.0 Å². The van der Waals surface area contributed by atoms with Crippen LogP contribution >= 0.6 is 0 Å². The molecule has 2 rings (SSSR count). The molecule has 122 valence electrons. The van der Waals surface area contributed by atoms with Crippen molar-refractivity contribution in [2.45, 2.75) is 57.7 Å². The number of carbonyl (C=O) groups excluding carboxylic acids is 3. The van der Waals surface area contributed by atoms with Crippen LogP contribution in [0.2, 0.25) is 0 Å². The standard InChI is InChI=1S/C15H22N2O5/c1-3-21-15(20)10(2)22-14(19)9-17-12-7-5-4-6-11(12)16-8-13(17)18/h8,10-12H,3-7,9H2,1-2H3/t10-,11?,12?/m0/s1. The molecule has 1 amide bonds. The van der Waals surface area contributed by atoms with E-state index in [2.05, 4.69) is 4.99 Å². The molecule has 22 heavy (non-hydrogen) atoms. The van der Waals surface area contributed by atoms with Gasteiger partial charge in [-0.25, -0.2) is 4.79 Å². The molecular weight excluding hydrogens is 288 g/mol. The Morgan fingerprint density at radius 2 is 2.14 bits per heavy atom. The largest absolute Gasteiger partial charge is 0.463 e. The van der Waals surface area contributed by atoms with Crippen LogP contribution in [0.1, 0.15) is 39.5 Å². The van der Waals surface area contributed by atoms with Crippen LogP contribution < -0.4 is 0 Å². The van der Waals surface area contributed by atoms with Crippen LogP contribution in [0.15, 0.2) is 4.99 Å². The number of hydrogen-bond donors (Lipinski definition) is 0. The quantitative estimate of drug-likeness (QED) is 0.698. The van der Waals surface area contributed by atoms with Gasteiger partial charge in [-0.2, -0.15) is 0 Å². The normalized spacial score (nSPS) is 25.4. The van der Waals surface area contributed by atoms with Crippen molar-refractivity contribution in [1.82, 2.24) is 4.90 Å². The van der Waals surface area contributed by atoms with Crippen molar-refractivity contribution in [3.05, 3.63) is 0 Å². The van der Waals surface area contributed by atoms with Crippen molar-refractivity contribution in [3.63, 3.8) is 0 Å². The van der Waals surface area contributed by atoms with Gasteiger partial charge < -0.3 is 14.4 Å². The Morgan fingerprint density at radius 3 is 2.86 bits per heavy atom. The topological polar surface area (TPSA) is 85.3 Å². The molecule has 0 aromatic heterocycles. The monoisotopic (exact) mass is 310 g/mol. The third kappa shape index (κ3) is 3.84. The van der Waals surface area contributed by atoms with Crippen molar-refractivity contribution in [2.24, 2.45) is 4.99 Å². The molecule has 1 saturated carbocycles. The van der Waals surface area contributed by atoms with E-state index in [9.17, 15) is 14.4 Å². The fourth-order valence-electron chi connectivity index (χ4n) is 2.90.